The molecule has 0 radical (unpaired) electrons. The lowest BCUT2D eigenvalue weighted by atomic mass is 9.99. The van der Waals surface area contributed by atoms with Crippen LogP contribution < -0.4 is 5.32 Å². The summed E-state index contributed by atoms with van der Waals surface area (Å²) in [5.41, 5.74) is 0. The Morgan fingerprint density at radius 2 is 0.787 bits per heavy atom. The van der Waals surface area contributed by atoms with Crippen LogP contribution in [0.3, 0.4) is 0 Å². The number of hydrogen-bond donors (Lipinski definition) is 6. The van der Waals surface area contributed by atoms with Gasteiger partial charge < -0.3 is 40.3 Å². The van der Waals surface area contributed by atoms with Gasteiger partial charge in [-0.1, -0.05) is 308 Å². The first kappa shape index (κ1) is 71.7. The molecule has 1 fully saturated rings. The Hall–Kier alpha value is -1.33. The Bertz CT molecular complexity index is 1230. The molecule has 1 aliphatic heterocycles. The minimum Gasteiger partial charge on any atom is -0.394 e. The van der Waals surface area contributed by atoms with Gasteiger partial charge in [-0.05, 0) is 44.9 Å². The number of hydrogen-bond acceptors (Lipinski definition) is 8. The van der Waals surface area contributed by atoms with Gasteiger partial charge in [0.15, 0.2) is 6.29 Å². The first-order chi connectivity index (χ1) is 36.8. The third kappa shape index (κ3) is 45.1. The molecule has 444 valence electrons. The molecule has 1 amide bonds. The fourth-order valence-corrected chi connectivity index (χ4v) is 10.8. The second kappa shape index (κ2) is 56.0. The van der Waals surface area contributed by atoms with Crippen molar-refractivity contribution in [2.75, 3.05) is 13.2 Å². The summed E-state index contributed by atoms with van der Waals surface area (Å²) in [6.45, 7) is 3.87. The summed E-state index contributed by atoms with van der Waals surface area (Å²) >= 11 is 0. The Labute approximate surface area is 464 Å². The standard InChI is InChI=1S/C66H127NO8/c1-3-5-7-9-11-13-15-17-18-19-20-21-22-23-24-25-26-27-28-29-30-31-32-33-34-35-36-37-38-39-40-41-42-44-46-48-50-52-54-56-62(70)67-59(58-74-66-65(73)64(72)63(71)61(57-68)75-66)60(69)55-53-51-49-47-45-43-16-14-12-10-8-6-4-2/h26-27,29-30,59-61,63-66,68-69,71-73H,3-25,28,31-58H2,1-2H3,(H,67,70)/b27-26-,30-29-. The molecule has 1 saturated heterocycles. The first-order valence-electron chi connectivity index (χ1n) is 33.0. The lowest BCUT2D eigenvalue weighted by Gasteiger charge is -2.40. The second-order valence-electron chi connectivity index (χ2n) is 23.3. The summed E-state index contributed by atoms with van der Waals surface area (Å²) in [5, 5.41) is 54.6. The molecule has 6 N–H and O–H groups in total. The molecule has 9 nitrogen and oxygen atoms in total. The van der Waals surface area contributed by atoms with E-state index in [0.29, 0.717) is 12.8 Å². The van der Waals surface area contributed by atoms with Crippen molar-refractivity contribution in [2.45, 2.75) is 378 Å². The molecule has 0 bridgehead atoms. The topological polar surface area (TPSA) is 149 Å². The molecular formula is C66H127NO8. The SMILES string of the molecule is CCCCCCCCCCCCCCCCC/C=C\C/C=C\CCCCCCCCCCCCCCCCCCCC(=O)NC(COC1OC(CO)C(O)C(O)C1O)C(O)CCCCCCCCCCCCCCC. The van der Waals surface area contributed by atoms with E-state index >= 15 is 0 Å². The van der Waals surface area contributed by atoms with Crippen molar-refractivity contribution in [3.05, 3.63) is 24.3 Å². The maximum Gasteiger partial charge on any atom is 0.220 e. The molecule has 0 aliphatic carbocycles. The van der Waals surface area contributed by atoms with Crippen LogP contribution in [0.5, 0.6) is 0 Å². The summed E-state index contributed by atoms with van der Waals surface area (Å²) in [4.78, 5) is 13.1. The van der Waals surface area contributed by atoms with Gasteiger partial charge in [-0.3, -0.25) is 4.79 Å². The summed E-state index contributed by atoms with van der Waals surface area (Å²) < 4.78 is 11.3. The zero-order valence-corrected chi connectivity index (χ0v) is 49.6. The molecule has 75 heavy (non-hydrogen) atoms. The van der Waals surface area contributed by atoms with Gasteiger partial charge in [-0.25, -0.2) is 0 Å². The van der Waals surface area contributed by atoms with E-state index < -0.39 is 49.5 Å². The predicted octanol–water partition coefficient (Wildman–Crippen LogP) is 17.3. The Balaban J connectivity index is 2.02. The molecule has 0 spiro atoms. The molecule has 1 rings (SSSR count). The van der Waals surface area contributed by atoms with Crippen molar-refractivity contribution in [1.82, 2.24) is 5.32 Å². The van der Waals surface area contributed by atoms with Gasteiger partial charge in [0.25, 0.3) is 0 Å². The largest absolute Gasteiger partial charge is 0.394 e. The van der Waals surface area contributed by atoms with Crippen molar-refractivity contribution in [1.29, 1.82) is 0 Å². The number of amides is 1. The van der Waals surface area contributed by atoms with Gasteiger partial charge in [0.1, 0.15) is 24.4 Å². The van der Waals surface area contributed by atoms with Gasteiger partial charge in [0, 0.05) is 6.42 Å². The summed E-state index contributed by atoms with van der Waals surface area (Å²) in [5.74, 6) is -0.140. The summed E-state index contributed by atoms with van der Waals surface area (Å²) in [6.07, 6.45) is 65.4. The van der Waals surface area contributed by atoms with Crippen LogP contribution in [-0.4, -0.2) is 87.5 Å². The molecule has 0 aromatic heterocycles. The van der Waals surface area contributed by atoms with Gasteiger partial charge >= 0.3 is 0 Å². The number of nitrogens with one attached hydrogen (secondary N) is 1. The summed E-state index contributed by atoms with van der Waals surface area (Å²) in [7, 11) is 0. The molecule has 0 aromatic carbocycles. The molecule has 7 atom stereocenters. The van der Waals surface area contributed by atoms with E-state index in [-0.39, 0.29) is 12.5 Å². The highest BCUT2D eigenvalue weighted by atomic mass is 16.7. The number of unbranched alkanes of at least 4 members (excludes halogenated alkanes) is 44. The smallest absolute Gasteiger partial charge is 0.220 e. The van der Waals surface area contributed by atoms with Gasteiger partial charge in [0.2, 0.25) is 5.91 Å². The van der Waals surface area contributed by atoms with Gasteiger partial charge in [-0.2, -0.15) is 0 Å². The summed E-state index contributed by atoms with van der Waals surface area (Å²) in [6, 6.07) is -0.716. The normalized spacial score (nSPS) is 18.9. The van der Waals surface area contributed by atoms with Crippen LogP contribution in [0, 0.1) is 0 Å². The molecule has 1 heterocycles. The van der Waals surface area contributed by atoms with Crippen LogP contribution in [0.2, 0.25) is 0 Å². The third-order valence-electron chi connectivity index (χ3n) is 16.1. The van der Waals surface area contributed by atoms with E-state index in [9.17, 15) is 30.3 Å². The van der Waals surface area contributed by atoms with Crippen LogP contribution in [0.4, 0.5) is 0 Å². The number of aliphatic hydroxyl groups is 5. The fraction of sp³-hybridized carbons (Fsp3) is 0.924. The second-order valence-corrected chi connectivity index (χ2v) is 23.3. The maximum absolute atomic E-state index is 13.1. The minimum atomic E-state index is -1.55. The predicted molar refractivity (Wildman–Crippen MR) is 318 cm³/mol. The van der Waals surface area contributed by atoms with E-state index in [0.717, 1.165) is 44.9 Å². The Morgan fingerprint density at radius 3 is 1.15 bits per heavy atom. The van der Waals surface area contributed by atoms with Crippen molar-refractivity contribution < 1.29 is 39.8 Å². The van der Waals surface area contributed by atoms with Crippen molar-refractivity contribution in [3.63, 3.8) is 0 Å². The fourth-order valence-electron chi connectivity index (χ4n) is 10.8. The number of carbonyl (C=O) groups is 1. The van der Waals surface area contributed by atoms with Crippen LogP contribution in [0.25, 0.3) is 0 Å². The lowest BCUT2D eigenvalue weighted by molar-refractivity contribution is -0.302. The van der Waals surface area contributed by atoms with Crippen LogP contribution in [-0.2, 0) is 14.3 Å². The Kier molecular flexibility index (Phi) is 53.5. The number of ether oxygens (including phenoxy) is 2. The molecule has 1 aliphatic rings. The number of aliphatic hydroxyl groups excluding tert-OH is 5. The molecular weight excluding hydrogens is 935 g/mol. The molecule has 9 heteroatoms. The zero-order chi connectivity index (χ0) is 54.3. The molecule has 7 unspecified atom stereocenters. The van der Waals surface area contributed by atoms with E-state index in [1.807, 2.05) is 0 Å². The molecule has 0 saturated carbocycles. The Morgan fingerprint density at radius 1 is 0.453 bits per heavy atom. The minimum absolute atomic E-state index is 0.134. The van der Waals surface area contributed by atoms with Crippen LogP contribution >= 0.6 is 0 Å². The quantitative estimate of drug-likeness (QED) is 0.0261. The highest BCUT2D eigenvalue weighted by Gasteiger charge is 2.44. The van der Waals surface area contributed by atoms with Crippen molar-refractivity contribution in [2.24, 2.45) is 0 Å². The maximum atomic E-state index is 13.1. The van der Waals surface area contributed by atoms with Gasteiger partial charge in [-0.15, -0.1) is 0 Å². The van der Waals surface area contributed by atoms with E-state index in [1.54, 1.807) is 0 Å². The van der Waals surface area contributed by atoms with E-state index in [1.165, 1.54) is 263 Å². The average Bonchev–Trinajstić information content (AvgIpc) is 3.41. The number of allylic oxidation sites excluding steroid dienone is 4. The molecule has 0 aromatic rings. The third-order valence-corrected chi connectivity index (χ3v) is 16.1. The van der Waals surface area contributed by atoms with Crippen LogP contribution in [0.15, 0.2) is 24.3 Å². The number of carbonyl (C=O) groups excluding carboxylic acids is 1. The zero-order valence-electron chi connectivity index (χ0n) is 49.6. The number of rotatable bonds is 58. The van der Waals surface area contributed by atoms with Crippen molar-refractivity contribution >= 4 is 5.91 Å². The first-order valence-corrected chi connectivity index (χ1v) is 33.0. The average molecular weight is 1060 g/mol. The van der Waals surface area contributed by atoms with E-state index in [2.05, 4.69) is 43.5 Å². The highest BCUT2D eigenvalue weighted by molar-refractivity contribution is 5.76. The van der Waals surface area contributed by atoms with Crippen LogP contribution in [0.1, 0.15) is 335 Å². The van der Waals surface area contributed by atoms with Gasteiger partial charge in [0.05, 0.1) is 25.4 Å². The monoisotopic (exact) mass is 1060 g/mol. The van der Waals surface area contributed by atoms with Crippen molar-refractivity contribution in [3.8, 4) is 0 Å². The lowest BCUT2D eigenvalue weighted by Crippen LogP contribution is -2.60. The highest BCUT2D eigenvalue weighted by Crippen LogP contribution is 2.24. The van der Waals surface area contributed by atoms with E-state index in [4.69, 9.17) is 9.47 Å².